The van der Waals surface area contributed by atoms with Gasteiger partial charge in [0.15, 0.2) is 0 Å². The summed E-state index contributed by atoms with van der Waals surface area (Å²) in [4.78, 5) is 0. The Kier molecular flexibility index (Phi) is 17.7. The molecule has 3 aromatic rings. The third-order valence-corrected chi connectivity index (χ3v) is 2.11. The minimum absolute atomic E-state index is 0. The van der Waals surface area contributed by atoms with Crippen LogP contribution in [0.15, 0.2) is 19.0 Å². The summed E-state index contributed by atoms with van der Waals surface area (Å²) in [6, 6.07) is 0. The van der Waals surface area contributed by atoms with Crippen LogP contribution in [0, 0.1) is 10.2 Å². The maximum Gasteiger partial charge on any atom is 2.00 e. The summed E-state index contributed by atoms with van der Waals surface area (Å²) in [6.07, 6.45) is 4.03. The second-order valence-electron chi connectivity index (χ2n) is 4.00. The fraction of sp³-hybridized carbons (Fsp3) is 0. The van der Waals surface area contributed by atoms with Crippen LogP contribution in [0.25, 0.3) is 0 Å². The molecule has 25 heteroatoms. The molecule has 15 N–H and O–H groups in total. The van der Waals surface area contributed by atoms with Crippen LogP contribution in [0.5, 0.6) is 0 Å². The Morgan fingerprint density at radius 2 is 0.839 bits per heavy atom. The molecule has 0 aliphatic carbocycles. The van der Waals surface area contributed by atoms with Gasteiger partial charge in [0.1, 0.15) is 19.0 Å². The zero-order chi connectivity index (χ0) is 22.4. The van der Waals surface area contributed by atoms with E-state index in [1.807, 2.05) is 0 Å². The van der Waals surface area contributed by atoms with Crippen molar-refractivity contribution in [3.8, 4) is 0 Å². The van der Waals surface area contributed by atoms with E-state index in [9.17, 15) is 0 Å². The molecule has 0 spiro atoms. The third kappa shape index (κ3) is 15.5. The summed E-state index contributed by atoms with van der Waals surface area (Å²) >= 11 is 0. The molecule has 177 valence electrons. The van der Waals surface area contributed by atoms with Crippen molar-refractivity contribution in [2.24, 2.45) is 17.5 Å². The molecule has 0 amide bonds. The number of hydrazine groups is 3. The van der Waals surface area contributed by atoms with Gasteiger partial charge in [-0.15, -0.1) is 40.8 Å². The van der Waals surface area contributed by atoms with E-state index >= 15 is 0 Å². The SMILES string of the molecule is NNc1nncn1N.NNc1nncn1N.NNc1nncn1N.[Cl-].[Mn+2].[O-][Cl+3]([O-])([O-])[O-]. The van der Waals surface area contributed by atoms with E-state index in [1.165, 1.54) is 33.0 Å². The van der Waals surface area contributed by atoms with Gasteiger partial charge in [-0.3, -0.25) is 16.3 Å². The third-order valence-electron chi connectivity index (χ3n) is 2.11. The number of nitrogens with two attached hydrogens (primary N) is 6. The van der Waals surface area contributed by atoms with Gasteiger partial charge in [0.2, 0.25) is 0 Å². The van der Waals surface area contributed by atoms with E-state index in [1.54, 1.807) is 0 Å². The van der Waals surface area contributed by atoms with E-state index in [4.69, 9.17) is 53.7 Å². The first-order valence-electron chi connectivity index (χ1n) is 6.50. The molecular formula is C6H18Cl2MnN18O4. The van der Waals surface area contributed by atoms with Gasteiger partial charge in [-0.1, -0.05) is 0 Å². The zero-order valence-corrected chi connectivity index (χ0v) is 17.7. The molecule has 0 bridgehead atoms. The molecule has 0 saturated carbocycles. The second-order valence-corrected chi connectivity index (χ2v) is 4.75. The smallest absolute Gasteiger partial charge is 1.00 e. The molecule has 0 aliphatic rings. The van der Waals surface area contributed by atoms with Crippen molar-refractivity contribution >= 4 is 17.8 Å². The van der Waals surface area contributed by atoms with Crippen molar-refractivity contribution < 1.29 is 58.4 Å². The average molecular weight is 532 g/mol. The summed E-state index contributed by atoms with van der Waals surface area (Å²) in [7, 11) is -4.94. The van der Waals surface area contributed by atoms with Crippen molar-refractivity contribution in [3.63, 3.8) is 0 Å². The molecule has 3 heterocycles. The number of hydrogen-bond acceptors (Lipinski definition) is 19. The van der Waals surface area contributed by atoms with E-state index in [2.05, 4.69) is 46.9 Å². The van der Waals surface area contributed by atoms with Crippen molar-refractivity contribution in [2.45, 2.75) is 0 Å². The Hall–Kier alpha value is -2.96. The Bertz CT molecular complexity index is 703. The molecule has 0 fully saturated rings. The number of nitrogen functional groups attached to an aromatic ring is 6. The van der Waals surface area contributed by atoms with E-state index < -0.39 is 10.2 Å². The predicted octanol–water partition coefficient (Wildman–Crippen LogP) is -12.9. The van der Waals surface area contributed by atoms with Crippen molar-refractivity contribution in [1.82, 2.24) is 44.6 Å². The van der Waals surface area contributed by atoms with E-state index in [0.29, 0.717) is 17.8 Å². The Balaban J connectivity index is -0.000000335. The number of aromatic nitrogens is 9. The van der Waals surface area contributed by atoms with Crippen LogP contribution in [0.3, 0.4) is 0 Å². The van der Waals surface area contributed by atoms with Crippen LogP contribution in [0.2, 0.25) is 0 Å². The van der Waals surface area contributed by atoms with Crippen LogP contribution in [0.1, 0.15) is 0 Å². The summed E-state index contributed by atoms with van der Waals surface area (Å²) in [5, 5.41) is 20.8. The fourth-order valence-electron chi connectivity index (χ4n) is 1.04. The number of anilines is 3. The van der Waals surface area contributed by atoms with Crippen molar-refractivity contribution in [3.05, 3.63) is 19.0 Å². The second kappa shape index (κ2) is 16.8. The number of nitrogens with zero attached hydrogens (tertiary/aromatic N) is 9. The zero-order valence-electron chi connectivity index (χ0n) is 15.0. The topological polar surface area (TPSA) is 377 Å². The summed E-state index contributed by atoms with van der Waals surface area (Å²) in [5.41, 5.74) is 6.72. The van der Waals surface area contributed by atoms with Gasteiger partial charge in [0, 0.05) is 0 Å². The first-order valence-corrected chi connectivity index (χ1v) is 7.73. The number of hydrogen-bond donors (Lipinski definition) is 9. The molecule has 0 unspecified atom stereocenters. The maximum absolute atomic E-state index is 8.49. The summed E-state index contributed by atoms with van der Waals surface area (Å²) < 4.78 is 37.5. The average Bonchev–Trinajstić information content (AvgIpc) is 3.35. The Labute approximate surface area is 191 Å². The van der Waals surface area contributed by atoms with Gasteiger partial charge in [0.05, 0.1) is 0 Å². The quantitative estimate of drug-likeness (QED) is 0.0858. The van der Waals surface area contributed by atoms with Crippen LogP contribution in [0.4, 0.5) is 17.8 Å². The molecule has 3 aromatic heterocycles. The molecule has 3 rings (SSSR count). The van der Waals surface area contributed by atoms with Gasteiger partial charge >= 0.3 is 17.1 Å². The number of rotatable bonds is 3. The van der Waals surface area contributed by atoms with Gasteiger partial charge in [-0.25, -0.2) is 50.2 Å². The number of nitrogens with one attached hydrogen (secondary N) is 3. The van der Waals surface area contributed by atoms with Crippen LogP contribution < -0.4 is 82.4 Å². The monoisotopic (exact) mass is 531 g/mol. The molecule has 0 aromatic carbocycles. The van der Waals surface area contributed by atoms with E-state index in [-0.39, 0.29) is 29.5 Å². The van der Waals surface area contributed by atoms with Gasteiger partial charge < -0.3 is 29.9 Å². The van der Waals surface area contributed by atoms with Crippen LogP contribution in [-0.4, -0.2) is 44.6 Å². The maximum atomic E-state index is 8.49. The minimum Gasteiger partial charge on any atom is -1.00 e. The first kappa shape index (κ1) is 32.7. The molecule has 0 atom stereocenters. The molecular weight excluding hydrogens is 514 g/mol. The summed E-state index contributed by atoms with van der Waals surface area (Å²) in [6.45, 7) is 0. The molecule has 1 radical (unpaired) electrons. The van der Waals surface area contributed by atoms with Gasteiger partial charge in [0.25, 0.3) is 17.8 Å². The molecule has 31 heavy (non-hydrogen) atoms. The van der Waals surface area contributed by atoms with Crippen molar-refractivity contribution in [2.75, 3.05) is 33.8 Å². The Morgan fingerprint density at radius 1 is 0.645 bits per heavy atom. The first-order chi connectivity index (χ1) is 13.5. The summed E-state index contributed by atoms with van der Waals surface area (Å²) in [5.74, 6) is 31.4. The van der Waals surface area contributed by atoms with Crippen molar-refractivity contribution in [1.29, 1.82) is 0 Å². The Morgan fingerprint density at radius 3 is 0.903 bits per heavy atom. The number of halogens is 2. The molecule has 0 aliphatic heterocycles. The molecule has 22 nitrogen and oxygen atoms in total. The molecule has 0 saturated heterocycles. The van der Waals surface area contributed by atoms with Crippen LogP contribution in [-0.2, 0) is 17.1 Å². The van der Waals surface area contributed by atoms with Crippen LogP contribution >= 0.6 is 0 Å². The largest absolute Gasteiger partial charge is 2.00 e. The standard InChI is InChI=1S/3C2H6N6.ClHO4.ClH.Mn/c3*3-6-2-7-5-1-8(2)4;2-1(3,4)5;;/h3*1H,3-4H2,(H,6,7);(H,2,3,4,5);1H;/q;;;;;+2/p-2. The fourth-order valence-corrected chi connectivity index (χ4v) is 1.04. The van der Waals surface area contributed by atoms with Gasteiger partial charge in [-0.05, 0) is 0 Å². The van der Waals surface area contributed by atoms with E-state index in [0.717, 1.165) is 0 Å². The minimum atomic E-state index is -4.94. The predicted molar refractivity (Wildman–Crippen MR) is 83.9 cm³/mol. The normalized spacial score (nSPS) is 9.00. The van der Waals surface area contributed by atoms with Gasteiger partial charge in [-0.2, -0.15) is 0 Å².